The van der Waals surface area contributed by atoms with Crippen LogP contribution in [-0.2, 0) is 16.2 Å². The summed E-state index contributed by atoms with van der Waals surface area (Å²) >= 11 is 5.30. The molecular weight excluding hydrogens is 364 g/mol. The van der Waals surface area contributed by atoms with Crippen LogP contribution in [0.4, 0.5) is 10.7 Å². The molecule has 1 heterocycles. The molecule has 1 atom stereocenters. The third-order valence-corrected chi connectivity index (χ3v) is 4.82. The van der Waals surface area contributed by atoms with Crippen LogP contribution in [0.1, 0.15) is 10.5 Å². The second kappa shape index (κ2) is 7.62. The van der Waals surface area contributed by atoms with E-state index in [1.54, 1.807) is 0 Å². The maximum Gasteiger partial charge on any atom is 0.357 e. The van der Waals surface area contributed by atoms with E-state index in [1.165, 1.54) is 23.7 Å². The van der Waals surface area contributed by atoms with Gasteiger partial charge in [-0.15, -0.1) is 11.3 Å². The minimum atomic E-state index is -1.74. The zero-order valence-electron chi connectivity index (χ0n) is 11.4. The lowest BCUT2D eigenvalue weighted by Crippen LogP contribution is -2.22. The molecule has 0 aliphatic heterocycles. The molecule has 0 fully saturated rings. The van der Waals surface area contributed by atoms with Gasteiger partial charge in [0.2, 0.25) is 5.91 Å². The highest BCUT2D eigenvalue weighted by atomic mass is 35.5. The minimum Gasteiger partial charge on any atom is -0.588 e. The highest BCUT2D eigenvalue weighted by Crippen LogP contribution is 2.28. The second-order valence-corrected chi connectivity index (χ2v) is 6.57. The maximum absolute atomic E-state index is 12.2. The first-order valence-electron chi connectivity index (χ1n) is 6.07. The Hall–Kier alpha value is -1.85. The van der Waals surface area contributed by atoms with Crippen molar-refractivity contribution in [2.45, 2.75) is 4.90 Å². The van der Waals surface area contributed by atoms with E-state index >= 15 is 0 Å². The molecule has 23 heavy (non-hydrogen) atoms. The van der Waals surface area contributed by atoms with Crippen molar-refractivity contribution >= 4 is 56.9 Å². The van der Waals surface area contributed by atoms with Crippen molar-refractivity contribution in [1.82, 2.24) is 4.98 Å². The van der Waals surface area contributed by atoms with Gasteiger partial charge in [-0.1, -0.05) is 11.6 Å². The number of nitrogens with zero attached hydrogens (tertiary/aromatic N) is 1. The van der Waals surface area contributed by atoms with E-state index in [4.69, 9.17) is 22.4 Å². The fourth-order valence-electron chi connectivity index (χ4n) is 1.53. The predicted molar refractivity (Wildman–Crippen MR) is 88.2 cm³/mol. The van der Waals surface area contributed by atoms with Crippen molar-refractivity contribution in [2.24, 2.45) is 5.73 Å². The van der Waals surface area contributed by atoms with Crippen molar-refractivity contribution in [3.05, 3.63) is 34.4 Å². The Morgan fingerprint density at radius 1 is 1.48 bits per heavy atom. The van der Waals surface area contributed by atoms with Crippen molar-refractivity contribution < 1.29 is 19.2 Å². The zero-order chi connectivity index (χ0) is 17.0. The lowest BCUT2D eigenvalue weighted by molar-refractivity contribution is -0.114. The van der Waals surface area contributed by atoms with E-state index in [2.05, 4.69) is 15.0 Å². The Balaban J connectivity index is 2.15. The summed E-state index contributed by atoms with van der Waals surface area (Å²) in [6, 6.07) is 4.37. The number of carboxylic acids is 1. The van der Waals surface area contributed by atoms with Crippen molar-refractivity contribution in [3.63, 3.8) is 0 Å². The number of aromatic nitrogens is 1. The van der Waals surface area contributed by atoms with Gasteiger partial charge in [-0.2, -0.15) is 4.72 Å². The maximum atomic E-state index is 12.2. The molecule has 5 N–H and O–H groups in total. The number of carbonyl (C=O) groups is 2. The number of nitrogens with two attached hydrogens (primary N) is 1. The highest BCUT2D eigenvalue weighted by Gasteiger charge is 2.21. The lowest BCUT2D eigenvalue weighted by Gasteiger charge is -2.12. The number of thiazole rings is 1. The Kier molecular flexibility index (Phi) is 5.80. The number of carbonyl (C=O) groups excluding carboxylic acids is 1. The molecule has 1 unspecified atom stereocenters. The van der Waals surface area contributed by atoms with Gasteiger partial charge in [0.1, 0.15) is 11.4 Å². The molecular formula is C12H11ClN4O4S2. The van der Waals surface area contributed by atoms with E-state index in [-0.39, 0.29) is 22.3 Å². The van der Waals surface area contributed by atoms with Gasteiger partial charge in [0.25, 0.3) is 0 Å². The first-order chi connectivity index (χ1) is 10.9. The van der Waals surface area contributed by atoms with Crippen LogP contribution < -0.4 is 15.8 Å². The molecule has 11 heteroatoms. The summed E-state index contributed by atoms with van der Waals surface area (Å²) in [5.41, 5.74) is 6.66. The molecule has 0 aliphatic carbocycles. The van der Waals surface area contributed by atoms with E-state index in [0.717, 1.165) is 11.3 Å². The predicted octanol–water partition coefficient (Wildman–Crippen LogP) is 1.53. The molecule has 0 saturated heterocycles. The normalized spacial score (nSPS) is 11.8. The van der Waals surface area contributed by atoms with Crippen LogP contribution in [0.3, 0.4) is 0 Å². The molecule has 1 aromatic heterocycles. The number of rotatable bonds is 6. The summed E-state index contributed by atoms with van der Waals surface area (Å²) in [6.45, 7) is -0.186. The lowest BCUT2D eigenvalue weighted by atomic mass is 10.3. The molecule has 0 saturated carbocycles. The van der Waals surface area contributed by atoms with E-state index in [0.29, 0.717) is 10.6 Å². The largest absolute Gasteiger partial charge is 0.588 e. The zero-order valence-corrected chi connectivity index (χ0v) is 13.8. The topological polar surface area (TPSA) is 140 Å². The average molecular weight is 375 g/mol. The number of hydrogen-bond acceptors (Lipinski definition) is 7. The van der Waals surface area contributed by atoms with Gasteiger partial charge in [-0.3, -0.25) is 4.79 Å². The van der Waals surface area contributed by atoms with Crippen LogP contribution in [-0.4, -0.2) is 33.1 Å². The third-order valence-electron chi connectivity index (χ3n) is 2.57. The third kappa shape index (κ3) is 4.33. The van der Waals surface area contributed by atoms with Crippen molar-refractivity contribution in [1.29, 1.82) is 0 Å². The number of amides is 1. The number of hydrogen-bond donors (Lipinski definition) is 4. The van der Waals surface area contributed by atoms with Gasteiger partial charge in [0.05, 0.1) is 22.8 Å². The van der Waals surface area contributed by atoms with Gasteiger partial charge in [0, 0.05) is 6.07 Å². The Morgan fingerprint density at radius 2 is 2.22 bits per heavy atom. The first-order valence-corrected chi connectivity index (χ1v) is 8.47. The molecule has 0 bridgehead atoms. The van der Waals surface area contributed by atoms with Crippen LogP contribution in [0.2, 0.25) is 5.02 Å². The summed E-state index contributed by atoms with van der Waals surface area (Å²) < 4.78 is 14.8. The number of benzene rings is 1. The molecule has 2 rings (SSSR count). The molecule has 8 nitrogen and oxygen atoms in total. The van der Waals surface area contributed by atoms with Crippen LogP contribution in [0.5, 0.6) is 0 Å². The van der Waals surface area contributed by atoms with Crippen LogP contribution in [0.25, 0.3) is 0 Å². The Morgan fingerprint density at radius 3 is 2.83 bits per heavy atom. The molecule has 2 aromatic rings. The number of halogens is 1. The quantitative estimate of drug-likeness (QED) is 0.562. The SMILES string of the molecule is NCC(=O)Nc1ccc([S+]([O-])Nc2scnc2C(=O)O)cc1Cl. The van der Waals surface area contributed by atoms with E-state index in [9.17, 15) is 14.1 Å². The molecule has 0 spiro atoms. The van der Waals surface area contributed by atoms with Crippen molar-refractivity contribution in [2.75, 3.05) is 16.6 Å². The summed E-state index contributed by atoms with van der Waals surface area (Å²) in [7, 11) is 0. The molecule has 0 radical (unpaired) electrons. The summed E-state index contributed by atoms with van der Waals surface area (Å²) in [4.78, 5) is 26.2. The first kappa shape index (κ1) is 17.5. The van der Waals surface area contributed by atoms with Crippen LogP contribution in [0, 0.1) is 0 Å². The number of carboxylic acid groups (broad SMARTS) is 1. The number of anilines is 2. The van der Waals surface area contributed by atoms with Gasteiger partial charge in [-0.05, 0) is 12.1 Å². The van der Waals surface area contributed by atoms with E-state index < -0.39 is 23.2 Å². The van der Waals surface area contributed by atoms with Gasteiger partial charge < -0.3 is 20.7 Å². The van der Waals surface area contributed by atoms with Gasteiger partial charge >= 0.3 is 5.97 Å². The van der Waals surface area contributed by atoms with Crippen LogP contribution >= 0.6 is 22.9 Å². The second-order valence-electron chi connectivity index (χ2n) is 4.10. The standard InChI is InChI=1S/C12H11ClN4O4S2/c13-7-3-6(1-2-8(7)16-9(18)4-14)23(21)17-11-10(12(19)20)15-5-22-11/h1-3,5,17H,4,14H2,(H,16,18)(H,19,20). The monoisotopic (exact) mass is 374 g/mol. The minimum absolute atomic E-state index is 0.174. The smallest absolute Gasteiger partial charge is 0.357 e. The van der Waals surface area contributed by atoms with Crippen LogP contribution in [0.15, 0.2) is 28.6 Å². The van der Waals surface area contributed by atoms with Gasteiger partial charge in [-0.25, -0.2) is 9.78 Å². The summed E-state index contributed by atoms with van der Waals surface area (Å²) in [6.07, 6.45) is 0. The van der Waals surface area contributed by atoms with Crippen molar-refractivity contribution in [3.8, 4) is 0 Å². The number of nitrogens with one attached hydrogen (secondary N) is 2. The number of aromatic carboxylic acids is 1. The Bertz CT molecular complexity index is 740. The van der Waals surface area contributed by atoms with E-state index in [1.807, 2.05) is 0 Å². The Labute approximate surface area is 143 Å². The van der Waals surface area contributed by atoms with Gasteiger partial charge in [0.15, 0.2) is 15.6 Å². The molecule has 1 amide bonds. The summed E-state index contributed by atoms with van der Waals surface area (Å²) in [5, 5.41) is 11.8. The average Bonchev–Trinajstić information content (AvgIpc) is 2.97. The fraction of sp³-hybridized carbons (Fsp3) is 0.0833. The molecule has 0 aliphatic rings. The summed E-state index contributed by atoms with van der Waals surface area (Å²) in [5.74, 6) is -1.63. The molecule has 1 aromatic carbocycles. The fourth-order valence-corrected chi connectivity index (χ4v) is 3.55. The highest BCUT2D eigenvalue weighted by molar-refractivity contribution is 7.93. The molecule has 122 valence electrons.